The Labute approximate surface area is 168 Å². The van der Waals surface area contributed by atoms with Gasteiger partial charge in [-0.15, -0.1) is 0 Å². The number of aromatic nitrogens is 1. The van der Waals surface area contributed by atoms with Crippen LogP contribution in [-0.4, -0.2) is 59.1 Å². The van der Waals surface area contributed by atoms with Gasteiger partial charge in [0.1, 0.15) is 6.61 Å². The molecule has 1 atom stereocenters. The zero-order valence-electron chi connectivity index (χ0n) is 15.5. The number of amides is 1. The van der Waals surface area contributed by atoms with Gasteiger partial charge >= 0.3 is 0 Å². The summed E-state index contributed by atoms with van der Waals surface area (Å²) in [5.74, 6) is -0.248. The number of benzene rings is 1. The lowest BCUT2D eigenvalue weighted by atomic mass is 9.90. The molecule has 0 radical (unpaired) electrons. The van der Waals surface area contributed by atoms with Crippen molar-refractivity contribution < 1.29 is 9.90 Å². The number of carbonyl (C=O) groups is 1. The summed E-state index contributed by atoms with van der Waals surface area (Å²) >= 11 is 13.0. The molecule has 144 valence electrons. The average Bonchev–Trinajstić information content (AvgIpc) is 3.06. The Kier molecular flexibility index (Phi) is 4.97. The molecule has 0 spiro atoms. The number of aliphatic hydroxyl groups excluding tert-OH is 1. The minimum atomic E-state index is -0.473. The normalized spacial score (nSPS) is 20.7. The molecule has 5 nitrogen and oxygen atoms in total. The average molecular weight is 408 g/mol. The van der Waals surface area contributed by atoms with Gasteiger partial charge < -0.3 is 19.9 Å². The largest absolute Gasteiger partial charge is 0.387 e. The number of likely N-dealkylation sites (N-methyl/N-ethyl adjacent to an activating group) is 1. The summed E-state index contributed by atoms with van der Waals surface area (Å²) in [5, 5.41) is 11.4. The molecule has 7 heteroatoms. The number of nitrogens with zero attached hydrogens (tertiary/aromatic N) is 2. The quantitative estimate of drug-likeness (QED) is 0.798. The van der Waals surface area contributed by atoms with E-state index < -0.39 is 6.61 Å². The molecular formula is C20H23Cl2N3O2. The van der Waals surface area contributed by atoms with Gasteiger partial charge in [-0.2, -0.15) is 0 Å². The van der Waals surface area contributed by atoms with Gasteiger partial charge in [0.15, 0.2) is 0 Å². The molecule has 2 aromatic rings. The Morgan fingerprint density at radius 1 is 1.33 bits per heavy atom. The zero-order chi connectivity index (χ0) is 19.3. The lowest BCUT2D eigenvalue weighted by molar-refractivity contribution is -0.136. The van der Waals surface area contributed by atoms with E-state index in [0.29, 0.717) is 23.0 Å². The summed E-state index contributed by atoms with van der Waals surface area (Å²) in [4.78, 5) is 19.7. The molecular weight excluding hydrogens is 385 g/mol. The van der Waals surface area contributed by atoms with Crippen molar-refractivity contribution in [3.05, 3.63) is 39.0 Å². The first-order chi connectivity index (χ1) is 12.9. The predicted octanol–water partition coefficient (Wildman–Crippen LogP) is 3.63. The summed E-state index contributed by atoms with van der Waals surface area (Å²) in [7, 11) is 2.11. The van der Waals surface area contributed by atoms with E-state index in [1.54, 1.807) is 4.90 Å². The van der Waals surface area contributed by atoms with E-state index in [9.17, 15) is 9.90 Å². The number of carbonyl (C=O) groups excluding carboxylic acids is 1. The van der Waals surface area contributed by atoms with Crippen LogP contribution in [0.3, 0.4) is 0 Å². The van der Waals surface area contributed by atoms with E-state index in [1.807, 2.05) is 13.0 Å². The van der Waals surface area contributed by atoms with Crippen LogP contribution in [0.5, 0.6) is 0 Å². The van der Waals surface area contributed by atoms with Crippen molar-refractivity contribution >= 4 is 45.6 Å². The summed E-state index contributed by atoms with van der Waals surface area (Å²) in [6.07, 6.45) is 3.89. The fraction of sp³-hybridized carbons (Fsp3) is 0.450. The smallest absolute Gasteiger partial charge is 0.248 e. The van der Waals surface area contributed by atoms with E-state index in [0.717, 1.165) is 47.2 Å². The van der Waals surface area contributed by atoms with Crippen molar-refractivity contribution in [1.29, 1.82) is 0 Å². The van der Waals surface area contributed by atoms with Gasteiger partial charge in [-0.1, -0.05) is 29.3 Å². The molecule has 1 aromatic heterocycles. The van der Waals surface area contributed by atoms with Gasteiger partial charge in [-0.05, 0) is 37.6 Å². The second-order valence-electron chi connectivity index (χ2n) is 7.40. The molecule has 0 fully saturated rings. The van der Waals surface area contributed by atoms with Crippen LogP contribution in [0.1, 0.15) is 36.2 Å². The maximum Gasteiger partial charge on any atom is 0.248 e. The van der Waals surface area contributed by atoms with Gasteiger partial charge in [0.25, 0.3) is 0 Å². The minimum Gasteiger partial charge on any atom is -0.387 e. The topological polar surface area (TPSA) is 59.6 Å². The van der Waals surface area contributed by atoms with Gasteiger partial charge in [0.2, 0.25) is 5.91 Å². The van der Waals surface area contributed by atoms with Crippen LogP contribution < -0.4 is 0 Å². The summed E-state index contributed by atoms with van der Waals surface area (Å²) in [6, 6.07) is 1.82. The molecule has 27 heavy (non-hydrogen) atoms. The van der Waals surface area contributed by atoms with Crippen LogP contribution >= 0.6 is 23.2 Å². The molecule has 2 aliphatic rings. The molecule has 2 aliphatic heterocycles. The number of hydrogen-bond donors (Lipinski definition) is 2. The Hall–Kier alpha value is -1.53. The highest BCUT2D eigenvalue weighted by atomic mass is 35.5. The first-order valence-electron chi connectivity index (χ1n) is 9.23. The Bertz CT molecular complexity index is 951. The second-order valence-corrected chi connectivity index (χ2v) is 8.19. The molecule has 4 rings (SSSR count). The first kappa shape index (κ1) is 18.8. The summed E-state index contributed by atoms with van der Waals surface area (Å²) < 4.78 is 0. The van der Waals surface area contributed by atoms with E-state index >= 15 is 0 Å². The van der Waals surface area contributed by atoms with Crippen LogP contribution in [0, 0.1) is 0 Å². The van der Waals surface area contributed by atoms with Crippen LogP contribution in [0.15, 0.2) is 12.1 Å². The van der Waals surface area contributed by atoms with E-state index in [2.05, 4.69) is 23.0 Å². The van der Waals surface area contributed by atoms with Crippen LogP contribution in [0.2, 0.25) is 10.0 Å². The van der Waals surface area contributed by atoms with Crippen LogP contribution in [0.25, 0.3) is 16.5 Å². The SMILES string of the molecule is C[C@H]1c2c([nH]c3c(Cl)c(Cl)cc(C4=CCN(C)CC4)c23)CCN1C(=O)CO. The number of nitrogens with one attached hydrogen (secondary N) is 1. The number of fused-ring (bicyclic) bond motifs is 3. The minimum absolute atomic E-state index is 0.134. The van der Waals surface area contributed by atoms with Gasteiger partial charge in [0.05, 0.1) is 21.6 Å². The van der Waals surface area contributed by atoms with E-state index in [1.165, 1.54) is 5.57 Å². The molecule has 0 bridgehead atoms. The molecule has 1 aromatic carbocycles. The number of aromatic amines is 1. The molecule has 3 heterocycles. The Balaban J connectivity index is 1.94. The lowest BCUT2D eigenvalue weighted by Crippen LogP contribution is -2.40. The van der Waals surface area contributed by atoms with Crippen molar-refractivity contribution in [1.82, 2.24) is 14.8 Å². The number of rotatable bonds is 2. The van der Waals surface area contributed by atoms with Crippen molar-refractivity contribution in [3.63, 3.8) is 0 Å². The standard InChI is InChI=1S/C20H23Cl2N3O2/c1-11-17-15(5-8-25(11)16(27)10-26)23-20-18(17)13(9-14(21)19(20)22)12-3-6-24(2)7-4-12/h3,9,11,23,26H,4-8,10H2,1-2H3/t11-/m0/s1. The van der Waals surface area contributed by atoms with Gasteiger partial charge in [-0.25, -0.2) is 0 Å². The maximum atomic E-state index is 12.2. The molecule has 2 N–H and O–H groups in total. The highest BCUT2D eigenvalue weighted by Crippen LogP contribution is 2.44. The number of hydrogen-bond acceptors (Lipinski definition) is 3. The Morgan fingerprint density at radius 3 is 2.78 bits per heavy atom. The fourth-order valence-electron chi connectivity index (χ4n) is 4.33. The molecule has 1 amide bonds. The maximum absolute atomic E-state index is 12.2. The number of aliphatic hydroxyl groups is 1. The third-order valence-electron chi connectivity index (χ3n) is 5.79. The van der Waals surface area contributed by atoms with E-state index in [4.69, 9.17) is 23.2 Å². The van der Waals surface area contributed by atoms with Crippen molar-refractivity contribution in [3.8, 4) is 0 Å². The first-order valence-corrected chi connectivity index (χ1v) is 9.98. The van der Waals surface area contributed by atoms with Crippen LogP contribution in [-0.2, 0) is 11.2 Å². The van der Waals surface area contributed by atoms with Gasteiger partial charge in [0, 0.05) is 42.7 Å². The molecule has 0 unspecified atom stereocenters. The van der Waals surface area contributed by atoms with E-state index in [-0.39, 0.29) is 11.9 Å². The molecule has 0 aliphatic carbocycles. The third kappa shape index (κ3) is 3.07. The van der Waals surface area contributed by atoms with Crippen molar-refractivity contribution in [2.75, 3.05) is 33.3 Å². The fourth-order valence-corrected chi connectivity index (χ4v) is 4.73. The number of halogens is 2. The zero-order valence-corrected chi connectivity index (χ0v) is 17.0. The second kappa shape index (κ2) is 7.13. The molecule has 0 saturated carbocycles. The lowest BCUT2D eigenvalue weighted by Gasteiger charge is -2.34. The summed E-state index contributed by atoms with van der Waals surface area (Å²) in [5.41, 5.74) is 5.38. The van der Waals surface area contributed by atoms with Crippen molar-refractivity contribution in [2.45, 2.75) is 25.8 Å². The Morgan fingerprint density at radius 2 is 2.11 bits per heavy atom. The monoisotopic (exact) mass is 407 g/mol. The van der Waals surface area contributed by atoms with Crippen molar-refractivity contribution in [2.24, 2.45) is 0 Å². The molecule has 0 saturated heterocycles. The summed E-state index contributed by atoms with van der Waals surface area (Å²) in [6.45, 7) is 4.00. The highest BCUT2D eigenvalue weighted by Gasteiger charge is 2.32. The van der Waals surface area contributed by atoms with Gasteiger partial charge in [-0.3, -0.25) is 4.79 Å². The number of H-pyrrole nitrogens is 1. The third-order valence-corrected chi connectivity index (χ3v) is 6.58. The predicted molar refractivity (Wildman–Crippen MR) is 109 cm³/mol. The highest BCUT2D eigenvalue weighted by molar-refractivity contribution is 6.45. The van der Waals surface area contributed by atoms with Crippen LogP contribution in [0.4, 0.5) is 0 Å².